The van der Waals surface area contributed by atoms with Gasteiger partial charge in [-0.1, -0.05) is 70.9 Å². The van der Waals surface area contributed by atoms with Gasteiger partial charge in [-0.25, -0.2) is 0 Å². The van der Waals surface area contributed by atoms with Gasteiger partial charge in [0.25, 0.3) is 5.91 Å². The van der Waals surface area contributed by atoms with Crippen LogP contribution in [0.5, 0.6) is 0 Å². The van der Waals surface area contributed by atoms with Crippen LogP contribution in [0.4, 0.5) is 0 Å². The molecule has 5 nitrogen and oxygen atoms in total. The molecule has 2 aromatic carbocycles. The lowest BCUT2D eigenvalue weighted by atomic mass is 10.00. The Labute approximate surface area is 241 Å². The predicted molar refractivity (Wildman–Crippen MR) is 171 cm³/mol. The van der Waals surface area contributed by atoms with E-state index in [2.05, 4.69) is 22.7 Å². The van der Waals surface area contributed by atoms with Gasteiger partial charge in [0, 0.05) is 36.1 Å². The van der Waals surface area contributed by atoms with E-state index in [4.69, 9.17) is 0 Å². The lowest BCUT2D eigenvalue weighted by Gasteiger charge is -2.10. The standard InChI is InChI=1S/C21H18N2O2.C6H13N.C2H6S.2C2H6/c1-15-5-6-19(18-7-9-22-10-8-18)12-20(15)21(25)23-13-16-3-2-4-17(11-16)14-24;1-7-6-4-2-3-5-6;1-3-2;2*1-2/h2-12,14H,13H2,1H3,(H,23,25);6-7H,2-5H2,1H3;1-2H3;2*1-2H3. The number of hydrogen-bond acceptors (Lipinski definition) is 5. The van der Waals surface area contributed by atoms with Gasteiger partial charge < -0.3 is 10.6 Å². The average Bonchev–Trinajstić information content (AvgIpc) is 3.54. The second-order valence-electron chi connectivity index (χ2n) is 8.49. The zero-order valence-electron chi connectivity index (χ0n) is 25.2. The van der Waals surface area contributed by atoms with Crippen LogP contribution < -0.4 is 10.6 Å². The van der Waals surface area contributed by atoms with Crippen molar-refractivity contribution in [1.29, 1.82) is 0 Å². The number of hydrogen-bond donors (Lipinski definition) is 2. The first kappa shape index (κ1) is 36.0. The first-order valence-corrected chi connectivity index (χ1v) is 15.6. The number of rotatable bonds is 6. The van der Waals surface area contributed by atoms with E-state index in [-0.39, 0.29) is 5.91 Å². The van der Waals surface area contributed by atoms with Gasteiger partial charge in [-0.2, -0.15) is 11.8 Å². The van der Waals surface area contributed by atoms with Crippen LogP contribution in [0.3, 0.4) is 0 Å². The minimum atomic E-state index is -0.134. The van der Waals surface area contributed by atoms with E-state index in [9.17, 15) is 9.59 Å². The van der Waals surface area contributed by atoms with Crippen LogP contribution in [0.1, 0.15) is 85.2 Å². The van der Waals surface area contributed by atoms with Gasteiger partial charge in [0.05, 0.1) is 0 Å². The summed E-state index contributed by atoms with van der Waals surface area (Å²) < 4.78 is 0. The molecule has 1 fully saturated rings. The Balaban J connectivity index is 0.000000858. The highest BCUT2D eigenvalue weighted by atomic mass is 32.2. The average molecular weight is 552 g/mol. The molecule has 3 aromatic rings. The number of carbonyl (C=O) groups is 2. The summed E-state index contributed by atoms with van der Waals surface area (Å²) in [6.07, 6.45) is 14.0. The van der Waals surface area contributed by atoms with Gasteiger partial charge in [-0.15, -0.1) is 0 Å². The van der Waals surface area contributed by atoms with Crippen molar-refractivity contribution in [3.63, 3.8) is 0 Å². The Morgan fingerprint density at radius 2 is 1.56 bits per heavy atom. The van der Waals surface area contributed by atoms with Crippen LogP contribution in [-0.2, 0) is 6.54 Å². The summed E-state index contributed by atoms with van der Waals surface area (Å²) in [5.74, 6) is -0.134. The van der Waals surface area contributed by atoms with E-state index in [1.807, 2.05) is 83.5 Å². The van der Waals surface area contributed by atoms with E-state index >= 15 is 0 Å². The maximum atomic E-state index is 12.6. The molecule has 39 heavy (non-hydrogen) atoms. The van der Waals surface area contributed by atoms with Crippen LogP contribution >= 0.6 is 11.8 Å². The Kier molecular flexibility index (Phi) is 21.2. The predicted octanol–water partition coefficient (Wildman–Crippen LogP) is 7.98. The maximum Gasteiger partial charge on any atom is 0.251 e. The molecule has 0 saturated heterocycles. The maximum absolute atomic E-state index is 12.6. The van der Waals surface area contributed by atoms with Gasteiger partial charge in [0.2, 0.25) is 0 Å². The van der Waals surface area contributed by atoms with E-state index in [1.54, 1.807) is 42.4 Å². The molecule has 214 valence electrons. The lowest BCUT2D eigenvalue weighted by Crippen LogP contribution is -2.23. The van der Waals surface area contributed by atoms with Crippen molar-refractivity contribution in [2.24, 2.45) is 0 Å². The largest absolute Gasteiger partial charge is 0.348 e. The number of amides is 1. The first-order valence-electron chi connectivity index (χ1n) is 13.9. The van der Waals surface area contributed by atoms with E-state index in [0.29, 0.717) is 17.7 Å². The number of pyridine rings is 1. The lowest BCUT2D eigenvalue weighted by molar-refractivity contribution is 0.0950. The second-order valence-corrected chi connectivity index (χ2v) is 9.31. The highest BCUT2D eigenvalue weighted by molar-refractivity contribution is 7.97. The Morgan fingerprint density at radius 1 is 0.949 bits per heavy atom. The SMILES string of the molecule is CC.CC.CNC1CCCC1.CSC.Cc1ccc(-c2ccncc2)cc1C(=O)NCc1cccc(C=O)c1. The van der Waals surface area contributed by atoms with Crippen molar-refractivity contribution in [1.82, 2.24) is 15.6 Å². The zero-order chi connectivity index (χ0) is 29.5. The van der Waals surface area contributed by atoms with Crippen LogP contribution in [0.2, 0.25) is 0 Å². The third-order valence-corrected chi connectivity index (χ3v) is 5.80. The topological polar surface area (TPSA) is 71.1 Å². The van der Waals surface area contributed by atoms with Crippen LogP contribution in [0, 0.1) is 6.92 Å². The Bertz CT molecular complexity index is 1050. The third-order valence-electron chi connectivity index (χ3n) is 5.80. The first-order chi connectivity index (χ1) is 19.0. The van der Waals surface area contributed by atoms with Crippen molar-refractivity contribution in [3.8, 4) is 11.1 Å². The summed E-state index contributed by atoms with van der Waals surface area (Å²) in [6, 6.07) is 17.7. The molecule has 4 rings (SSSR count). The summed E-state index contributed by atoms with van der Waals surface area (Å²) in [4.78, 5) is 27.4. The molecule has 1 aliphatic rings. The highest BCUT2D eigenvalue weighted by Gasteiger charge is 2.11. The normalized spacial score (nSPS) is 11.6. The van der Waals surface area contributed by atoms with E-state index in [0.717, 1.165) is 34.6 Å². The number of nitrogens with zero attached hydrogens (tertiary/aromatic N) is 1. The zero-order valence-corrected chi connectivity index (χ0v) is 26.0. The van der Waals surface area contributed by atoms with Gasteiger partial charge in [0.15, 0.2) is 0 Å². The minimum absolute atomic E-state index is 0.134. The highest BCUT2D eigenvalue weighted by Crippen LogP contribution is 2.22. The molecule has 1 amide bonds. The summed E-state index contributed by atoms with van der Waals surface area (Å²) in [6.45, 7) is 10.3. The number of aryl methyl sites for hydroxylation is 1. The quantitative estimate of drug-likeness (QED) is 0.304. The van der Waals surface area contributed by atoms with Crippen molar-refractivity contribution in [2.75, 3.05) is 19.6 Å². The molecule has 1 saturated carbocycles. The number of thioether (sulfide) groups is 1. The second kappa shape index (κ2) is 23.0. The number of nitrogens with one attached hydrogen (secondary N) is 2. The molecular weight excluding hydrogens is 502 g/mol. The number of benzene rings is 2. The fourth-order valence-corrected chi connectivity index (χ4v) is 3.86. The molecule has 0 atom stereocenters. The number of aldehydes is 1. The molecule has 0 spiro atoms. The summed E-state index contributed by atoms with van der Waals surface area (Å²) in [5, 5.41) is 6.18. The molecule has 2 N–H and O–H groups in total. The van der Waals surface area contributed by atoms with E-state index < -0.39 is 0 Å². The van der Waals surface area contributed by atoms with Crippen LogP contribution in [0.25, 0.3) is 11.1 Å². The molecular formula is C33H49N3O2S. The molecule has 6 heteroatoms. The minimum Gasteiger partial charge on any atom is -0.348 e. The van der Waals surface area contributed by atoms with Crippen LogP contribution in [-0.4, -0.2) is 42.8 Å². The van der Waals surface area contributed by atoms with Gasteiger partial charge in [-0.05, 0) is 85.8 Å². The fraction of sp³-hybridized carbons (Fsp3) is 0.424. The molecule has 1 aromatic heterocycles. The molecule has 0 unspecified atom stereocenters. The Morgan fingerprint density at radius 3 is 2.10 bits per heavy atom. The Hall–Kier alpha value is -2.96. The third kappa shape index (κ3) is 14.1. The number of carbonyl (C=O) groups excluding carboxylic acids is 2. The monoisotopic (exact) mass is 551 g/mol. The summed E-state index contributed by atoms with van der Waals surface area (Å²) >= 11 is 1.75. The van der Waals surface area contributed by atoms with E-state index in [1.165, 1.54) is 25.7 Å². The van der Waals surface area contributed by atoms with Gasteiger partial charge >= 0.3 is 0 Å². The fourth-order valence-electron chi connectivity index (χ4n) is 3.86. The molecule has 0 aliphatic heterocycles. The van der Waals surface area contributed by atoms with Crippen molar-refractivity contribution < 1.29 is 9.59 Å². The summed E-state index contributed by atoms with van der Waals surface area (Å²) in [5.41, 5.74) is 5.03. The van der Waals surface area contributed by atoms with Crippen molar-refractivity contribution >= 4 is 24.0 Å². The summed E-state index contributed by atoms with van der Waals surface area (Å²) in [7, 11) is 2.05. The van der Waals surface area contributed by atoms with Crippen molar-refractivity contribution in [2.45, 2.75) is 72.9 Å². The number of aromatic nitrogens is 1. The van der Waals surface area contributed by atoms with Gasteiger partial charge in [-0.3, -0.25) is 14.6 Å². The van der Waals surface area contributed by atoms with Crippen molar-refractivity contribution in [3.05, 3.63) is 89.2 Å². The molecule has 1 aliphatic carbocycles. The molecule has 1 heterocycles. The molecule has 0 radical (unpaired) electrons. The molecule has 0 bridgehead atoms. The van der Waals surface area contributed by atoms with Gasteiger partial charge in [0.1, 0.15) is 6.29 Å². The van der Waals surface area contributed by atoms with Crippen LogP contribution in [0.15, 0.2) is 67.0 Å². The smallest absolute Gasteiger partial charge is 0.251 e.